The fourth-order valence-corrected chi connectivity index (χ4v) is 3.94. The van der Waals surface area contributed by atoms with Crippen molar-refractivity contribution in [2.45, 2.75) is 37.8 Å². The Balaban J connectivity index is 1.96. The van der Waals surface area contributed by atoms with E-state index in [-0.39, 0.29) is 25.2 Å². The zero-order valence-corrected chi connectivity index (χ0v) is 14.1. The van der Waals surface area contributed by atoms with Gasteiger partial charge in [-0.15, -0.1) is 11.3 Å². The second-order valence-corrected chi connectivity index (χ2v) is 6.96. The molecule has 5 nitrogen and oxygen atoms in total. The monoisotopic (exact) mass is 326 g/mol. The number of aliphatic hydroxyl groups excluding tert-OH is 1. The molecule has 1 saturated carbocycles. The van der Waals surface area contributed by atoms with E-state index in [1.807, 2.05) is 6.07 Å². The third-order valence-corrected chi connectivity index (χ3v) is 5.15. The summed E-state index contributed by atoms with van der Waals surface area (Å²) in [6.07, 6.45) is 4.15. The summed E-state index contributed by atoms with van der Waals surface area (Å²) in [6.45, 7) is 0.496. The lowest BCUT2D eigenvalue weighted by molar-refractivity contribution is 0.0485. The van der Waals surface area contributed by atoms with Crippen molar-refractivity contribution in [1.29, 1.82) is 0 Å². The van der Waals surface area contributed by atoms with Gasteiger partial charge >= 0.3 is 6.03 Å². The Kier molecular flexibility index (Phi) is 6.67. The van der Waals surface area contributed by atoms with E-state index in [2.05, 4.69) is 16.8 Å². The highest BCUT2D eigenvalue weighted by Gasteiger charge is 2.29. The second kappa shape index (κ2) is 8.50. The summed E-state index contributed by atoms with van der Waals surface area (Å²) >= 11 is 1.69. The molecule has 6 heteroatoms. The number of likely N-dealkylation sites (N-methyl/N-ethyl adjacent to an activating group) is 1. The maximum Gasteiger partial charge on any atom is 0.317 e. The van der Waals surface area contributed by atoms with E-state index in [0.717, 1.165) is 0 Å². The first-order chi connectivity index (χ1) is 10.6. The van der Waals surface area contributed by atoms with E-state index in [0.29, 0.717) is 5.92 Å². The summed E-state index contributed by atoms with van der Waals surface area (Å²) in [5.74, 6) is 0.514. The summed E-state index contributed by atoms with van der Waals surface area (Å²) in [5.41, 5.74) is 0. The Bertz CT molecular complexity index is 446. The summed E-state index contributed by atoms with van der Waals surface area (Å²) in [7, 11) is 3.24. The highest BCUT2D eigenvalue weighted by atomic mass is 32.1. The zero-order valence-electron chi connectivity index (χ0n) is 13.3. The second-order valence-electron chi connectivity index (χ2n) is 5.98. The normalized spacial score (nSPS) is 18.1. The maximum atomic E-state index is 12.4. The molecule has 2 rings (SSSR count). The van der Waals surface area contributed by atoms with Gasteiger partial charge in [0.15, 0.2) is 0 Å². The smallest absolute Gasteiger partial charge is 0.317 e. The Labute approximate surface area is 136 Å². The average Bonchev–Trinajstić information content (AvgIpc) is 3.18. The zero-order chi connectivity index (χ0) is 15.9. The van der Waals surface area contributed by atoms with Crippen LogP contribution in [-0.4, -0.2) is 49.5 Å². The molecule has 0 saturated heterocycles. The number of amides is 2. The molecule has 2 atom stereocenters. The number of nitrogens with zero attached hydrogens (tertiary/aromatic N) is 1. The van der Waals surface area contributed by atoms with Crippen LogP contribution in [-0.2, 0) is 4.74 Å². The lowest BCUT2D eigenvalue weighted by Gasteiger charge is -2.28. The molecule has 124 valence electrons. The van der Waals surface area contributed by atoms with Crippen LogP contribution in [0, 0.1) is 5.92 Å². The Morgan fingerprint density at radius 2 is 2.27 bits per heavy atom. The molecule has 0 bridgehead atoms. The van der Waals surface area contributed by atoms with Gasteiger partial charge in [-0.2, -0.15) is 0 Å². The molecule has 2 unspecified atom stereocenters. The van der Waals surface area contributed by atoms with Gasteiger partial charge in [0.1, 0.15) is 0 Å². The van der Waals surface area contributed by atoms with E-state index < -0.39 is 6.10 Å². The van der Waals surface area contributed by atoms with Crippen molar-refractivity contribution in [1.82, 2.24) is 10.2 Å². The minimum absolute atomic E-state index is 0.0806. The summed E-state index contributed by atoms with van der Waals surface area (Å²) in [4.78, 5) is 15.2. The van der Waals surface area contributed by atoms with Gasteiger partial charge in [-0.05, 0) is 30.2 Å². The van der Waals surface area contributed by atoms with Crippen LogP contribution in [0.4, 0.5) is 4.79 Å². The van der Waals surface area contributed by atoms with E-state index in [1.54, 1.807) is 18.4 Å². The number of rotatable bonds is 7. The highest BCUT2D eigenvalue weighted by molar-refractivity contribution is 7.10. The Hall–Kier alpha value is -1.11. The fraction of sp³-hybridized carbons (Fsp3) is 0.688. The van der Waals surface area contributed by atoms with Gasteiger partial charge in [-0.3, -0.25) is 0 Å². The Morgan fingerprint density at radius 1 is 1.55 bits per heavy atom. The van der Waals surface area contributed by atoms with E-state index in [9.17, 15) is 9.90 Å². The molecule has 1 aliphatic rings. The van der Waals surface area contributed by atoms with Crippen molar-refractivity contribution in [2.75, 3.05) is 27.3 Å². The van der Waals surface area contributed by atoms with E-state index in [1.165, 1.54) is 42.6 Å². The molecule has 0 aromatic carbocycles. The van der Waals surface area contributed by atoms with Crippen molar-refractivity contribution in [3.05, 3.63) is 22.4 Å². The summed E-state index contributed by atoms with van der Waals surface area (Å²) in [6, 6.07) is 4.06. The molecule has 1 fully saturated rings. The molecule has 22 heavy (non-hydrogen) atoms. The van der Waals surface area contributed by atoms with Crippen LogP contribution < -0.4 is 5.32 Å². The van der Waals surface area contributed by atoms with Gasteiger partial charge in [0, 0.05) is 19.0 Å². The van der Waals surface area contributed by atoms with Crippen LogP contribution in [0.5, 0.6) is 0 Å². The standard InChI is InChI=1S/C16H26N2O3S/c1-18(10-13(19)11-21-2)16(20)17-15(12-6-3-4-7-12)14-8-5-9-22-14/h5,8-9,12-13,15,19H,3-4,6-7,10-11H2,1-2H3,(H,17,20). The molecule has 2 amide bonds. The molecular weight excluding hydrogens is 300 g/mol. The first-order valence-electron chi connectivity index (χ1n) is 7.84. The molecular formula is C16H26N2O3S. The number of hydrogen-bond donors (Lipinski definition) is 2. The lowest BCUT2D eigenvalue weighted by Crippen LogP contribution is -2.44. The number of carbonyl (C=O) groups is 1. The third-order valence-electron chi connectivity index (χ3n) is 4.19. The molecule has 1 aromatic heterocycles. The number of urea groups is 1. The van der Waals surface area contributed by atoms with Gasteiger partial charge in [-0.25, -0.2) is 4.79 Å². The minimum Gasteiger partial charge on any atom is -0.389 e. The number of hydrogen-bond acceptors (Lipinski definition) is 4. The number of ether oxygens (including phenoxy) is 1. The van der Waals surface area contributed by atoms with Crippen molar-refractivity contribution in [2.24, 2.45) is 5.92 Å². The van der Waals surface area contributed by atoms with Gasteiger partial charge in [0.2, 0.25) is 0 Å². The molecule has 1 aromatic rings. The Morgan fingerprint density at radius 3 is 2.86 bits per heavy atom. The van der Waals surface area contributed by atoms with Crippen molar-refractivity contribution < 1.29 is 14.6 Å². The number of thiophene rings is 1. The van der Waals surface area contributed by atoms with Gasteiger partial charge in [0.05, 0.1) is 25.3 Å². The largest absolute Gasteiger partial charge is 0.389 e. The molecule has 2 N–H and O–H groups in total. The van der Waals surface area contributed by atoms with Crippen LogP contribution in [0.1, 0.15) is 36.6 Å². The molecule has 1 aliphatic carbocycles. The van der Waals surface area contributed by atoms with Crippen molar-refractivity contribution in [3.8, 4) is 0 Å². The third kappa shape index (κ3) is 4.69. The van der Waals surface area contributed by atoms with Crippen LogP contribution >= 0.6 is 11.3 Å². The van der Waals surface area contributed by atoms with Crippen LogP contribution in [0.15, 0.2) is 17.5 Å². The predicted molar refractivity (Wildman–Crippen MR) is 88.1 cm³/mol. The first kappa shape index (κ1) is 17.2. The summed E-state index contributed by atoms with van der Waals surface area (Å²) in [5, 5.41) is 15.0. The molecule has 0 spiro atoms. The topological polar surface area (TPSA) is 61.8 Å². The quantitative estimate of drug-likeness (QED) is 0.810. The van der Waals surface area contributed by atoms with Crippen molar-refractivity contribution >= 4 is 17.4 Å². The van der Waals surface area contributed by atoms with E-state index in [4.69, 9.17) is 4.74 Å². The van der Waals surface area contributed by atoms with E-state index >= 15 is 0 Å². The average molecular weight is 326 g/mol. The van der Waals surface area contributed by atoms with Crippen molar-refractivity contribution in [3.63, 3.8) is 0 Å². The van der Waals surface area contributed by atoms with Gasteiger partial charge in [0.25, 0.3) is 0 Å². The summed E-state index contributed by atoms with van der Waals surface area (Å²) < 4.78 is 4.90. The van der Waals surface area contributed by atoms with Gasteiger partial charge < -0.3 is 20.1 Å². The lowest BCUT2D eigenvalue weighted by atomic mass is 9.97. The minimum atomic E-state index is -0.660. The number of carbonyl (C=O) groups excluding carboxylic acids is 1. The number of methoxy groups -OCH3 is 1. The highest BCUT2D eigenvalue weighted by Crippen LogP contribution is 2.37. The number of nitrogens with one attached hydrogen (secondary N) is 1. The molecule has 1 heterocycles. The SMILES string of the molecule is COCC(O)CN(C)C(=O)NC(c1cccs1)C1CCCC1. The van der Waals surface area contributed by atoms with Crippen LogP contribution in [0.25, 0.3) is 0 Å². The molecule has 0 radical (unpaired) electrons. The van der Waals surface area contributed by atoms with Crippen LogP contribution in [0.2, 0.25) is 0 Å². The fourth-order valence-electron chi connectivity index (χ4n) is 3.07. The van der Waals surface area contributed by atoms with Crippen LogP contribution in [0.3, 0.4) is 0 Å². The van der Waals surface area contributed by atoms with Gasteiger partial charge in [-0.1, -0.05) is 18.9 Å². The number of aliphatic hydroxyl groups is 1. The molecule has 0 aliphatic heterocycles. The first-order valence-corrected chi connectivity index (χ1v) is 8.71. The predicted octanol–water partition coefficient (Wildman–Crippen LogP) is 2.63. The maximum absolute atomic E-state index is 12.4.